The molecule has 0 N–H and O–H groups in total. The molecule has 134 valence electrons. The highest BCUT2D eigenvalue weighted by Gasteiger charge is 2.28. The second-order valence-corrected chi connectivity index (χ2v) is 7.90. The first-order chi connectivity index (χ1) is 11.4. The Balaban J connectivity index is 1.31. The maximum atomic E-state index is 5.87. The lowest BCUT2D eigenvalue weighted by atomic mass is 9.99. The Hall–Kier alpha value is -0.300. The van der Waals surface area contributed by atoms with Crippen LogP contribution in [-0.4, -0.2) is 12.2 Å². The van der Waals surface area contributed by atoms with Gasteiger partial charge in [0.1, 0.15) is 0 Å². The van der Waals surface area contributed by atoms with Crippen molar-refractivity contribution in [2.45, 2.75) is 128 Å². The van der Waals surface area contributed by atoms with E-state index in [2.05, 4.69) is 13.0 Å². The van der Waals surface area contributed by atoms with Crippen molar-refractivity contribution >= 4 is 0 Å². The van der Waals surface area contributed by atoms with Crippen molar-refractivity contribution in [3.8, 4) is 0 Å². The molecule has 0 spiro atoms. The summed E-state index contributed by atoms with van der Waals surface area (Å²) in [7, 11) is 0. The summed E-state index contributed by atoms with van der Waals surface area (Å²) in [5.74, 6) is 0. The predicted molar refractivity (Wildman–Crippen MR) is 101 cm³/mol. The van der Waals surface area contributed by atoms with E-state index in [0.29, 0.717) is 12.2 Å². The highest BCUT2D eigenvalue weighted by Crippen LogP contribution is 2.33. The Morgan fingerprint density at radius 1 is 0.783 bits per heavy atom. The average Bonchev–Trinajstić information content (AvgIpc) is 2.90. The summed E-state index contributed by atoms with van der Waals surface area (Å²) in [5, 5.41) is 0. The fourth-order valence-electron chi connectivity index (χ4n) is 4.18. The third-order valence-electron chi connectivity index (χ3n) is 5.65. The van der Waals surface area contributed by atoms with Gasteiger partial charge in [-0.2, -0.15) is 0 Å². The van der Waals surface area contributed by atoms with Crippen LogP contribution in [-0.2, 0) is 4.74 Å². The molecule has 2 aliphatic heterocycles. The second-order valence-electron chi connectivity index (χ2n) is 7.90. The Morgan fingerprint density at radius 3 is 1.91 bits per heavy atom. The third-order valence-corrected chi connectivity index (χ3v) is 5.65. The zero-order chi connectivity index (χ0) is 16.2. The summed E-state index contributed by atoms with van der Waals surface area (Å²) >= 11 is 0. The van der Waals surface area contributed by atoms with Gasteiger partial charge in [0.05, 0.1) is 12.2 Å². The summed E-state index contributed by atoms with van der Waals surface area (Å²) in [6.45, 7) is 2.30. The minimum atomic E-state index is 0.478. The molecule has 0 aromatic carbocycles. The first-order valence-electron chi connectivity index (χ1n) is 10.7. The molecule has 0 aromatic heterocycles. The summed E-state index contributed by atoms with van der Waals surface area (Å²) in [4.78, 5) is 0. The zero-order valence-corrected chi connectivity index (χ0v) is 15.7. The second kappa shape index (κ2) is 12.1. The van der Waals surface area contributed by atoms with E-state index in [1.54, 1.807) is 5.57 Å². The normalized spacial score (nSPS) is 23.3. The van der Waals surface area contributed by atoms with Crippen molar-refractivity contribution in [2.75, 3.05) is 0 Å². The number of hydrogen-bond acceptors (Lipinski definition) is 1. The van der Waals surface area contributed by atoms with E-state index >= 15 is 0 Å². The highest BCUT2D eigenvalue weighted by molar-refractivity contribution is 5.13. The van der Waals surface area contributed by atoms with Crippen LogP contribution < -0.4 is 0 Å². The van der Waals surface area contributed by atoms with Gasteiger partial charge in [-0.1, -0.05) is 95.6 Å². The monoisotopic (exact) mass is 320 g/mol. The number of fused-ring (bicyclic) bond motifs is 2. The van der Waals surface area contributed by atoms with Crippen LogP contribution in [0.25, 0.3) is 0 Å². The zero-order valence-electron chi connectivity index (χ0n) is 15.7. The van der Waals surface area contributed by atoms with E-state index in [4.69, 9.17) is 4.74 Å². The van der Waals surface area contributed by atoms with Crippen LogP contribution in [0.5, 0.6) is 0 Å². The standard InChI is InChI=1S/C22H40O/c1-2-3-4-5-6-7-8-9-10-11-12-13-14-15-20-18-21-16-17-22(19-20)23-21/h18,21-22H,2-17,19H2,1H3. The van der Waals surface area contributed by atoms with E-state index < -0.39 is 0 Å². The molecule has 2 atom stereocenters. The highest BCUT2D eigenvalue weighted by atomic mass is 16.5. The van der Waals surface area contributed by atoms with Crippen LogP contribution >= 0.6 is 0 Å². The van der Waals surface area contributed by atoms with Gasteiger partial charge in [0, 0.05) is 0 Å². The van der Waals surface area contributed by atoms with Crippen LogP contribution in [0.3, 0.4) is 0 Å². The molecular formula is C22H40O. The Morgan fingerprint density at radius 2 is 1.35 bits per heavy atom. The molecule has 0 aliphatic carbocycles. The van der Waals surface area contributed by atoms with Gasteiger partial charge in [0.2, 0.25) is 0 Å². The summed E-state index contributed by atoms with van der Waals surface area (Å²) < 4.78 is 5.87. The molecule has 2 heterocycles. The van der Waals surface area contributed by atoms with Crippen LogP contribution in [0.4, 0.5) is 0 Å². The molecule has 1 fully saturated rings. The largest absolute Gasteiger partial charge is 0.371 e. The summed E-state index contributed by atoms with van der Waals surface area (Å²) in [5.41, 5.74) is 1.70. The van der Waals surface area contributed by atoms with E-state index in [1.165, 1.54) is 109 Å². The molecule has 2 aliphatic rings. The summed E-state index contributed by atoms with van der Waals surface area (Å²) in [6, 6.07) is 0. The van der Waals surface area contributed by atoms with Crippen LogP contribution in [0.15, 0.2) is 11.6 Å². The number of rotatable bonds is 14. The van der Waals surface area contributed by atoms with Crippen molar-refractivity contribution in [3.63, 3.8) is 0 Å². The lowest BCUT2D eigenvalue weighted by Gasteiger charge is -2.20. The first kappa shape index (κ1) is 19.0. The number of unbranched alkanes of at least 4 members (excludes halogenated alkanes) is 12. The molecule has 0 radical (unpaired) electrons. The van der Waals surface area contributed by atoms with E-state index in [0.717, 1.165) is 0 Å². The molecule has 23 heavy (non-hydrogen) atoms. The minimum Gasteiger partial charge on any atom is -0.371 e. The third kappa shape index (κ3) is 8.38. The SMILES string of the molecule is CCCCCCCCCCCCCCCC1=CC2CCC(C1)O2. The van der Waals surface area contributed by atoms with Gasteiger partial charge in [-0.15, -0.1) is 0 Å². The maximum absolute atomic E-state index is 5.87. The number of hydrogen-bond donors (Lipinski definition) is 0. The van der Waals surface area contributed by atoms with Crippen molar-refractivity contribution in [2.24, 2.45) is 0 Å². The fourth-order valence-corrected chi connectivity index (χ4v) is 4.18. The quantitative estimate of drug-likeness (QED) is 0.240. The molecule has 0 saturated carbocycles. The van der Waals surface area contributed by atoms with Crippen LogP contribution in [0.2, 0.25) is 0 Å². The van der Waals surface area contributed by atoms with E-state index in [9.17, 15) is 0 Å². The van der Waals surface area contributed by atoms with Gasteiger partial charge in [-0.25, -0.2) is 0 Å². The molecular weight excluding hydrogens is 280 g/mol. The first-order valence-corrected chi connectivity index (χ1v) is 10.7. The van der Waals surface area contributed by atoms with Crippen molar-refractivity contribution < 1.29 is 4.74 Å². The molecule has 0 aromatic rings. The molecule has 1 nitrogen and oxygen atoms in total. The Kier molecular flexibility index (Phi) is 10.0. The van der Waals surface area contributed by atoms with E-state index in [-0.39, 0.29) is 0 Å². The van der Waals surface area contributed by atoms with Gasteiger partial charge in [-0.3, -0.25) is 0 Å². The van der Waals surface area contributed by atoms with Gasteiger partial charge in [-0.05, 0) is 32.1 Å². The van der Waals surface area contributed by atoms with Gasteiger partial charge in [0.25, 0.3) is 0 Å². The molecule has 1 saturated heterocycles. The average molecular weight is 321 g/mol. The van der Waals surface area contributed by atoms with Gasteiger partial charge < -0.3 is 4.74 Å². The van der Waals surface area contributed by atoms with Crippen molar-refractivity contribution in [3.05, 3.63) is 11.6 Å². The number of ether oxygens (including phenoxy) is 1. The Labute approximate surface area is 145 Å². The van der Waals surface area contributed by atoms with Crippen LogP contribution in [0, 0.1) is 0 Å². The van der Waals surface area contributed by atoms with Gasteiger partial charge >= 0.3 is 0 Å². The minimum absolute atomic E-state index is 0.478. The lowest BCUT2D eigenvalue weighted by molar-refractivity contribution is 0.0597. The molecule has 2 bridgehead atoms. The predicted octanol–water partition coefficient (Wildman–Crippen LogP) is 7.35. The van der Waals surface area contributed by atoms with Crippen LogP contribution in [0.1, 0.15) is 116 Å². The topological polar surface area (TPSA) is 9.23 Å². The maximum Gasteiger partial charge on any atom is 0.0763 e. The van der Waals surface area contributed by atoms with Crippen molar-refractivity contribution in [1.29, 1.82) is 0 Å². The smallest absolute Gasteiger partial charge is 0.0763 e. The lowest BCUT2D eigenvalue weighted by Crippen LogP contribution is -2.16. The Bertz CT molecular complexity index is 320. The van der Waals surface area contributed by atoms with Gasteiger partial charge in [0.15, 0.2) is 0 Å². The molecule has 2 unspecified atom stereocenters. The fraction of sp³-hybridized carbons (Fsp3) is 0.909. The molecule has 1 heteroatoms. The van der Waals surface area contributed by atoms with E-state index in [1.807, 2.05) is 0 Å². The molecule has 2 rings (SSSR count). The summed E-state index contributed by atoms with van der Waals surface area (Å²) in [6.07, 6.45) is 27.5. The van der Waals surface area contributed by atoms with Crippen molar-refractivity contribution in [1.82, 2.24) is 0 Å². The molecule has 0 amide bonds.